The lowest BCUT2D eigenvalue weighted by atomic mass is 10.1. The zero-order valence-corrected chi connectivity index (χ0v) is 11.3. The number of aliphatic hydroxyl groups is 1. The maximum absolute atomic E-state index is 14.0. The van der Waals surface area contributed by atoms with Crippen LogP contribution in [0.15, 0.2) is 18.2 Å². The van der Waals surface area contributed by atoms with E-state index >= 15 is 0 Å². The Hall–Kier alpha value is -1.90. The summed E-state index contributed by atoms with van der Waals surface area (Å²) in [6.45, 7) is 3.26. The van der Waals surface area contributed by atoms with Crippen LogP contribution in [0.1, 0.15) is 18.1 Å². The van der Waals surface area contributed by atoms with Crippen LogP contribution in [0.2, 0.25) is 0 Å². The van der Waals surface area contributed by atoms with Gasteiger partial charge in [-0.3, -0.25) is 9.69 Å². The number of nitrogens with one attached hydrogen (secondary N) is 1. The molecule has 1 aromatic carbocycles. The molecule has 1 amide bonds. The van der Waals surface area contributed by atoms with Crippen molar-refractivity contribution in [1.29, 1.82) is 0 Å². The van der Waals surface area contributed by atoms with Crippen LogP contribution >= 0.6 is 0 Å². The molecule has 106 valence electrons. The molecule has 0 saturated carbocycles. The van der Waals surface area contributed by atoms with Gasteiger partial charge in [-0.2, -0.15) is 0 Å². The molecule has 1 unspecified atom stereocenters. The fraction of sp³-hybridized carbons (Fsp3) is 0.400. The third-order valence-corrected chi connectivity index (χ3v) is 3.36. The second kappa shape index (κ2) is 6.51. The Balaban J connectivity index is 2.11. The van der Waals surface area contributed by atoms with Crippen LogP contribution in [0.3, 0.4) is 0 Å². The fourth-order valence-corrected chi connectivity index (χ4v) is 2.16. The smallest absolute Gasteiger partial charge is 0.237 e. The van der Waals surface area contributed by atoms with E-state index in [0.717, 1.165) is 0 Å². The van der Waals surface area contributed by atoms with Crippen molar-refractivity contribution < 1.29 is 14.3 Å². The van der Waals surface area contributed by atoms with Crippen molar-refractivity contribution in [2.45, 2.75) is 19.5 Å². The highest BCUT2D eigenvalue weighted by molar-refractivity contribution is 5.81. The number of hydrogen-bond donors (Lipinski definition) is 2. The number of aliphatic hydroxyl groups excluding tert-OH is 1. The number of amides is 1. The van der Waals surface area contributed by atoms with E-state index in [9.17, 15) is 9.18 Å². The molecular weight excluding hydrogens is 259 g/mol. The second-order valence-electron chi connectivity index (χ2n) is 4.70. The summed E-state index contributed by atoms with van der Waals surface area (Å²) in [6, 6.07) is 4.50. The Kier molecular flexibility index (Phi) is 4.72. The van der Waals surface area contributed by atoms with Gasteiger partial charge in [-0.05, 0) is 19.1 Å². The molecule has 5 heteroatoms. The van der Waals surface area contributed by atoms with Crippen molar-refractivity contribution in [2.75, 3.05) is 19.7 Å². The van der Waals surface area contributed by atoms with Crippen LogP contribution in [0, 0.1) is 17.7 Å². The summed E-state index contributed by atoms with van der Waals surface area (Å²) in [5.74, 6) is 4.78. The Morgan fingerprint density at radius 2 is 2.35 bits per heavy atom. The molecule has 1 aliphatic rings. The number of carbonyl (C=O) groups excluding carboxylic acids is 1. The Morgan fingerprint density at radius 3 is 3.05 bits per heavy atom. The van der Waals surface area contributed by atoms with Gasteiger partial charge in [-0.15, -0.1) is 0 Å². The van der Waals surface area contributed by atoms with Gasteiger partial charge in [0.25, 0.3) is 0 Å². The maximum atomic E-state index is 14.0. The zero-order chi connectivity index (χ0) is 14.5. The fourth-order valence-electron chi connectivity index (χ4n) is 2.16. The van der Waals surface area contributed by atoms with E-state index in [0.29, 0.717) is 30.8 Å². The molecule has 1 saturated heterocycles. The summed E-state index contributed by atoms with van der Waals surface area (Å²) in [5, 5.41) is 11.4. The first-order valence-corrected chi connectivity index (χ1v) is 6.51. The van der Waals surface area contributed by atoms with Gasteiger partial charge in [0.15, 0.2) is 0 Å². The molecule has 2 N–H and O–H groups in total. The number of carbonyl (C=O) groups is 1. The van der Waals surface area contributed by atoms with Crippen LogP contribution in [-0.2, 0) is 11.3 Å². The van der Waals surface area contributed by atoms with Gasteiger partial charge in [0, 0.05) is 30.8 Å². The molecule has 1 atom stereocenters. The molecule has 1 heterocycles. The lowest BCUT2D eigenvalue weighted by Crippen LogP contribution is -2.53. The first kappa shape index (κ1) is 14.5. The SMILES string of the molecule is CC1C(=O)NCCN1Cc1ccc(C#CCO)cc1F. The van der Waals surface area contributed by atoms with Crippen LogP contribution in [0.4, 0.5) is 4.39 Å². The highest BCUT2D eigenvalue weighted by Crippen LogP contribution is 2.15. The Bertz CT molecular complexity index is 563. The molecule has 0 aromatic heterocycles. The monoisotopic (exact) mass is 276 g/mol. The van der Waals surface area contributed by atoms with Gasteiger partial charge in [-0.1, -0.05) is 17.9 Å². The quantitative estimate of drug-likeness (QED) is 0.773. The molecule has 4 nitrogen and oxygen atoms in total. The highest BCUT2D eigenvalue weighted by Gasteiger charge is 2.25. The molecule has 1 aliphatic heterocycles. The van der Waals surface area contributed by atoms with Gasteiger partial charge >= 0.3 is 0 Å². The lowest BCUT2D eigenvalue weighted by Gasteiger charge is -2.32. The van der Waals surface area contributed by atoms with E-state index in [4.69, 9.17) is 5.11 Å². The number of benzene rings is 1. The van der Waals surface area contributed by atoms with Crippen LogP contribution in [0.25, 0.3) is 0 Å². The van der Waals surface area contributed by atoms with E-state index in [1.54, 1.807) is 12.1 Å². The number of rotatable bonds is 2. The predicted octanol–water partition coefficient (Wildman–Crippen LogP) is 0.490. The number of piperazine rings is 1. The molecule has 2 rings (SSSR count). The first-order valence-electron chi connectivity index (χ1n) is 6.51. The van der Waals surface area contributed by atoms with Crippen LogP contribution in [0.5, 0.6) is 0 Å². The third kappa shape index (κ3) is 3.35. The summed E-state index contributed by atoms with van der Waals surface area (Å²) < 4.78 is 14.0. The van der Waals surface area contributed by atoms with Gasteiger partial charge < -0.3 is 10.4 Å². The summed E-state index contributed by atoms with van der Waals surface area (Å²) >= 11 is 0. The highest BCUT2D eigenvalue weighted by atomic mass is 19.1. The molecule has 0 spiro atoms. The van der Waals surface area contributed by atoms with Gasteiger partial charge in [0.2, 0.25) is 5.91 Å². The van der Waals surface area contributed by atoms with E-state index < -0.39 is 0 Å². The van der Waals surface area contributed by atoms with Crippen molar-refractivity contribution in [3.63, 3.8) is 0 Å². The van der Waals surface area contributed by atoms with Crippen molar-refractivity contribution in [3.05, 3.63) is 35.1 Å². The standard InChI is InChI=1S/C15H17FN2O2/c1-11-15(20)17-6-7-18(11)10-13-5-4-12(3-2-8-19)9-14(13)16/h4-5,9,11,19H,6-8,10H2,1H3,(H,17,20). The van der Waals surface area contributed by atoms with Crippen molar-refractivity contribution in [1.82, 2.24) is 10.2 Å². The predicted molar refractivity (Wildman–Crippen MR) is 73.2 cm³/mol. The lowest BCUT2D eigenvalue weighted by molar-refractivity contribution is -0.128. The van der Waals surface area contributed by atoms with E-state index in [1.165, 1.54) is 6.07 Å². The van der Waals surface area contributed by atoms with Crippen molar-refractivity contribution in [2.24, 2.45) is 0 Å². The minimum absolute atomic E-state index is 0.0258. The number of nitrogens with zero attached hydrogens (tertiary/aromatic N) is 1. The molecular formula is C15H17FN2O2. The summed E-state index contributed by atoms with van der Waals surface area (Å²) in [5.41, 5.74) is 1.07. The topological polar surface area (TPSA) is 52.6 Å². The Labute approximate surface area is 117 Å². The molecule has 1 aromatic rings. The van der Waals surface area contributed by atoms with Crippen LogP contribution in [-0.4, -0.2) is 41.7 Å². The molecule has 20 heavy (non-hydrogen) atoms. The molecule has 0 aliphatic carbocycles. The van der Waals surface area contributed by atoms with E-state index in [-0.39, 0.29) is 24.4 Å². The van der Waals surface area contributed by atoms with E-state index in [1.807, 2.05) is 11.8 Å². The number of hydrogen-bond acceptors (Lipinski definition) is 3. The second-order valence-corrected chi connectivity index (χ2v) is 4.70. The summed E-state index contributed by atoms with van der Waals surface area (Å²) in [6.07, 6.45) is 0. The van der Waals surface area contributed by atoms with E-state index in [2.05, 4.69) is 17.2 Å². The van der Waals surface area contributed by atoms with Crippen molar-refractivity contribution >= 4 is 5.91 Å². The minimum Gasteiger partial charge on any atom is -0.384 e. The zero-order valence-electron chi connectivity index (χ0n) is 11.3. The first-order chi connectivity index (χ1) is 9.61. The minimum atomic E-state index is -0.340. The normalized spacial score (nSPS) is 19.1. The summed E-state index contributed by atoms with van der Waals surface area (Å²) in [7, 11) is 0. The van der Waals surface area contributed by atoms with Gasteiger partial charge in [0.05, 0.1) is 6.04 Å². The average Bonchev–Trinajstić information content (AvgIpc) is 2.44. The van der Waals surface area contributed by atoms with Gasteiger partial charge in [-0.25, -0.2) is 4.39 Å². The molecule has 1 fully saturated rings. The largest absolute Gasteiger partial charge is 0.384 e. The molecule has 0 bridgehead atoms. The van der Waals surface area contributed by atoms with Crippen molar-refractivity contribution in [3.8, 4) is 11.8 Å². The average molecular weight is 276 g/mol. The third-order valence-electron chi connectivity index (χ3n) is 3.36. The van der Waals surface area contributed by atoms with Gasteiger partial charge in [0.1, 0.15) is 12.4 Å². The Morgan fingerprint density at radius 1 is 1.55 bits per heavy atom. The molecule has 0 radical (unpaired) electrons. The summed E-state index contributed by atoms with van der Waals surface area (Å²) in [4.78, 5) is 13.5. The van der Waals surface area contributed by atoms with Crippen LogP contribution < -0.4 is 5.32 Å². The maximum Gasteiger partial charge on any atom is 0.237 e. The number of halogens is 1.